The molecule has 0 bridgehead atoms. The van der Waals surface area contributed by atoms with E-state index < -0.39 is 6.04 Å². The van der Waals surface area contributed by atoms with Crippen molar-refractivity contribution in [2.75, 3.05) is 13.1 Å². The van der Waals surface area contributed by atoms with Crippen molar-refractivity contribution in [2.45, 2.75) is 52.7 Å². The predicted octanol–water partition coefficient (Wildman–Crippen LogP) is 3.23. The molecule has 30 heavy (non-hydrogen) atoms. The molecule has 6 nitrogen and oxygen atoms in total. The Morgan fingerprint density at radius 1 is 1.03 bits per heavy atom. The van der Waals surface area contributed by atoms with E-state index in [0.717, 1.165) is 19.5 Å². The third-order valence-electron chi connectivity index (χ3n) is 5.86. The normalized spacial score (nSPS) is 16.2. The third kappa shape index (κ3) is 5.30. The van der Waals surface area contributed by atoms with E-state index in [2.05, 4.69) is 53.6 Å². The molecule has 1 aromatic heterocycles. The standard InChI is InChI=1S/C24H33N3O3/c1-16(2)20(27-12-11-18-8-5-6-9-19(18)15-27)14-25-24(29)22(17(3)4)26-23(28)21-10-7-13-30-21/h5-10,13,16-17,20,22H,11-12,14-15H2,1-4H3,(H,25,29)(H,26,28)/t20-,22+/m0/s1. The second-order valence-electron chi connectivity index (χ2n) is 8.72. The van der Waals surface area contributed by atoms with Gasteiger partial charge in [-0.25, -0.2) is 0 Å². The molecule has 2 amide bonds. The third-order valence-corrected chi connectivity index (χ3v) is 5.86. The zero-order valence-electron chi connectivity index (χ0n) is 18.4. The lowest BCUT2D eigenvalue weighted by Gasteiger charge is -2.38. The van der Waals surface area contributed by atoms with Crippen LogP contribution in [0.4, 0.5) is 0 Å². The molecule has 3 rings (SSSR count). The average Bonchev–Trinajstić information content (AvgIpc) is 3.26. The van der Waals surface area contributed by atoms with E-state index in [1.807, 2.05) is 13.8 Å². The van der Waals surface area contributed by atoms with Crippen LogP contribution in [0.3, 0.4) is 0 Å². The van der Waals surface area contributed by atoms with Crippen LogP contribution in [0.5, 0.6) is 0 Å². The number of nitrogens with zero attached hydrogens (tertiary/aromatic N) is 1. The number of hydrogen-bond donors (Lipinski definition) is 2. The topological polar surface area (TPSA) is 74.6 Å². The van der Waals surface area contributed by atoms with Crippen molar-refractivity contribution in [1.82, 2.24) is 15.5 Å². The lowest BCUT2D eigenvalue weighted by molar-refractivity contribution is -0.124. The Bertz CT molecular complexity index is 845. The molecule has 0 saturated carbocycles. The SMILES string of the molecule is CC(C)[C@@H](NC(=O)c1ccco1)C(=O)NC[C@@H](C(C)C)N1CCc2ccccc2C1. The highest BCUT2D eigenvalue weighted by atomic mass is 16.3. The molecule has 2 N–H and O–H groups in total. The Morgan fingerprint density at radius 2 is 1.77 bits per heavy atom. The highest BCUT2D eigenvalue weighted by Gasteiger charge is 2.29. The van der Waals surface area contributed by atoms with Crippen LogP contribution in [0.2, 0.25) is 0 Å². The van der Waals surface area contributed by atoms with Gasteiger partial charge in [0.1, 0.15) is 6.04 Å². The van der Waals surface area contributed by atoms with Gasteiger partial charge in [0.2, 0.25) is 5.91 Å². The lowest BCUT2D eigenvalue weighted by atomic mass is 9.95. The summed E-state index contributed by atoms with van der Waals surface area (Å²) in [5, 5.41) is 5.90. The number of furan rings is 1. The smallest absolute Gasteiger partial charge is 0.287 e. The lowest BCUT2D eigenvalue weighted by Crippen LogP contribution is -2.54. The Kier molecular flexibility index (Phi) is 7.32. The molecule has 2 aromatic rings. The maximum atomic E-state index is 12.9. The first kappa shape index (κ1) is 22.1. The fourth-order valence-electron chi connectivity index (χ4n) is 4.06. The first-order valence-electron chi connectivity index (χ1n) is 10.8. The molecular formula is C24H33N3O3. The molecule has 0 spiro atoms. The molecule has 1 aromatic carbocycles. The zero-order chi connectivity index (χ0) is 21.7. The largest absolute Gasteiger partial charge is 0.459 e. The molecule has 1 aliphatic heterocycles. The summed E-state index contributed by atoms with van der Waals surface area (Å²) in [6.07, 6.45) is 2.48. The molecule has 0 unspecified atom stereocenters. The number of nitrogens with one attached hydrogen (secondary N) is 2. The molecule has 2 atom stereocenters. The highest BCUT2D eigenvalue weighted by molar-refractivity contribution is 5.95. The van der Waals surface area contributed by atoms with Crippen molar-refractivity contribution >= 4 is 11.8 Å². The summed E-state index contributed by atoms with van der Waals surface area (Å²) >= 11 is 0. The first-order chi connectivity index (χ1) is 14.4. The van der Waals surface area contributed by atoms with Gasteiger partial charge in [-0.05, 0) is 41.5 Å². The molecule has 0 saturated heterocycles. The summed E-state index contributed by atoms with van der Waals surface area (Å²) in [5.41, 5.74) is 2.78. The van der Waals surface area contributed by atoms with Crippen molar-refractivity contribution in [3.05, 3.63) is 59.5 Å². The van der Waals surface area contributed by atoms with E-state index in [1.54, 1.807) is 12.1 Å². The van der Waals surface area contributed by atoms with Crippen LogP contribution < -0.4 is 10.6 Å². The zero-order valence-corrected chi connectivity index (χ0v) is 18.4. The Morgan fingerprint density at radius 3 is 2.40 bits per heavy atom. The predicted molar refractivity (Wildman–Crippen MR) is 117 cm³/mol. The van der Waals surface area contributed by atoms with E-state index >= 15 is 0 Å². The van der Waals surface area contributed by atoms with Gasteiger partial charge in [-0.2, -0.15) is 0 Å². The van der Waals surface area contributed by atoms with Crippen LogP contribution in [0, 0.1) is 11.8 Å². The number of fused-ring (bicyclic) bond motifs is 1. The first-order valence-corrected chi connectivity index (χ1v) is 10.8. The van der Waals surface area contributed by atoms with E-state index in [-0.39, 0.29) is 29.5 Å². The molecule has 0 radical (unpaired) electrons. The van der Waals surface area contributed by atoms with Crippen LogP contribution in [-0.2, 0) is 17.8 Å². The second kappa shape index (κ2) is 9.94. The monoisotopic (exact) mass is 411 g/mol. The molecular weight excluding hydrogens is 378 g/mol. The fraction of sp³-hybridized carbons (Fsp3) is 0.500. The summed E-state index contributed by atoms with van der Waals surface area (Å²) in [7, 11) is 0. The molecule has 162 valence electrons. The minimum atomic E-state index is -0.613. The van der Waals surface area contributed by atoms with Crippen LogP contribution in [-0.4, -0.2) is 41.9 Å². The molecule has 2 heterocycles. The van der Waals surface area contributed by atoms with E-state index in [4.69, 9.17) is 4.42 Å². The van der Waals surface area contributed by atoms with Crippen molar-refractivity contribution < 1.29 is 14.0 Å². The average molecular weight is 412 g/mol. The van der Waals surface area contributed by atoms with Crippen LogP contribution in [0.15, 0.2) is 47.1 Å². The highest BCUT2D eigenvalue weighted by Crippen LogP contribution is 2.23. The van der Waals surface area contributed by atoms with Crippen molar-refractivity contribution in [2.24, 2.45) is 11.8 Å². The summed E-state index contributed by atoms with van der Waals surface area (Å²) in [5.74, 6) is 0.0319. The van der Waals surface area contributed by atoms with Crippen LogP contribution >= 0.6 is 0 Å². The minimum Gasteiger partial charge on any atom is -0.459 e. The molecule has 1 aliphatic rings. The van der Waals surface area contributed by atoms with Gasteiger partial charge in [0, 0.05) is 25.7 Å². The van der Waals surface area contributed by atoms with Crippen molar-refractivity contribution in [3.63, 3.8) is 0 Å². The van der Waals surface area contributed by atoms with E-state index in [1.165, 1.54) is 17.4 Å². The fourth-order valence-corrected chi connectivity index (χ4v) is 4.06. The van der Waals surface area contributed by atoms with Gasteiger partial charge >= 0.3 is 0 Å². The summed E-state index contributed by atoms with van der Waals surface area (Å²) < 4.78 is 5.14. The quantitative estimate of drug-likeness (QED) is 0.699. The van der Waals surface area contributed by atoms with Crippen LogP contribution in [0.25, 0.3) is 0 Å². The van der Waals surface area contributed by atoms with Gasteiger partial charge < -0.3 is 15.1 Å². The maximum absolute atomic E-state index is 12.9. The second-order valence-corrected chi connectivity index (χ2v) is 8.72. The number of carbonyl (C=O) groups is 2. The maximum Gasteiger partial charge on any atom is 0.287 e. The van der Waals surface area contributed by atoms with Gasteiger partial charge in [0.05, 0.1) is 6.26 Å². The molecule has 6 heteroatoms. The number of carbonyl (C=O) groups excluding carboxylic acids is 2. The minimum absolute atomic E-state index is 0.0386. The summed E-state index contributed by atoms with van der Waals surface area (Å²) in [6, 6.07) is 11.4. The van der Waals surface area contributed by atoms with E-state index in [9.17, 15) is 9.59 Å². The Hall–Kier alpha value is -2.60. The molecule has 0 aliphatic carbocycles. The van der Waals surface area contributed by atoms with E-state index in [0.29, 0.717) is 12.5 Å². The van der Waals surface area contributed by atoms with Crippen LogP contribution in [0.1, 0.15) is 49.4 Å². The number of amides is 2. The van der Waals surface area contributed by atoms with Gasteiger partial charge in [0.25, 0.3) is 5.91 Å². The van der Waals surface area contributed by atoms with Gasteiger partial charge in [-0.1, -0.05) is 52.0 Å². The van der Waals surface area contributed by atoms with Crippen molar-refractivity contribution in [1.29, 1.82) is 0 Å². The van der Waals surface area contributed by atoms with Crippen molar-refractivity contribution in [3.8, 4) is 0 Å². The van der Waals surface area contributed by atoms with Gasteiger partial charge in [-0.3, -0.25) is 14.5 Å². The Balaban J connectivity index is 1.61. The Labute approximate surface area is 179 Å². The van der Waals surface area contributed by atoms with Gasteiger partial charge in [-0.15, -0.1) is 0 Å². The number of hydrogen-bond acceptors (Lipinski definition) is 4. The summed E-state index contributed by atoms with van der Waals surface area (Å²) in [6.45, 7) is 10.7. The number of benzene rings is 1. The molecule has 0 fully saturated rings. The van der Waals surface area contributed by atoms with Gasteiger partial charge in [0.15, 0.2) is 5.76 Å². The number of rotatable bonds is 8. The summed E-state index contributed by atoms with van der Waals surface area (Å²) in [4.78, 5) is 27.7.